The maximum atomic E-state index is 10.9. The second-order valence-electron chi connectivity index (χ2n) is 2.43. The molecule has 0 radical (unpaired) electrons. The highest BCUT2D eigenvalue weighted by Gasteiger charge is 2.26. The van der Waals surface area contributed by atoms with Gasteiger partial charge in [-0.1, -0.05) is 0 Å². The van der Waals surface area contributed by atoms with E-state index in [0.717, 1.165) is 0 Å². The Bertz CT molecular complexity index is 273. The lowest BCUT2D eigenvalue weighted by Crippen LogP contribution is -2.29. The average Bonchev–Trinajstić information content (AvgIpc) is 2.30. The minimum absolute atomic E-state index is 0.277. The van der Waals surface area contributed by atoms with Crippen LogP contribution in [-0.2, 0) is 0 Å². The Labute approximate surface area is 79.6 Å². The summed E-state index contributed by atoms with van der Waals surface area (Å²) in [5.74, 6) is 0. The molecule has 0 aliphatic carbocycles. The molecule has 1 aromatic rings. The molecule has 2 atom stereocenters. The quantitative estimate of drug-likeness (QED) is 0.554. The first-order valence-corrected chi connectivity index (χ1v) is 4.29. The van der Waals surface area contributed by atoms with E-state index in [1.165, 1.54) is 0 Å². The Kier molecular flexibility index (Phi) is 2.80. The van der Waals surface area contributed by atoms with Crippen LogP contribution in [-0.4, -0.2) is 5.16 Å². The Hall–Kier alpha value is -0.480. The molecule has 4 nitrogen and oxygen atoms in total. The van der Waals surface area contributed by atoms with Gasteiger partial charge in [-0.05, 0) is 18.8 Å². The average molecular weight is 211 g/mol. The van der Waals surface area contributed by atoms with E-state index in [4.69, 9.17) is 23.2 Å². The lowest BCUT2D eigenvalue weighted by molar-refractivity contribution is -0.808. The molecule has 0 unspecified atom stereocenters. The third kappa shape index (κ3) is 1.64. The molecular formula is C6H8Cl2N2O2. The van der Waals surface area contributed by atoms with Gasteiger partial charge in [0.05, 0.1) is 0 Å². The fourth-order valence-electron chi connectivity index (χ4n) is 0.891. The minimum Gasteiger partial charge on any atom is -0.359 e. The van der Waals surface area contributed by atoms with E-state index in [0.29, 0.717) is 5.69 Å². The molecule has 0 N–H and O–H groups in total. The fraction of sp³-hybridized carbons (Fsp3) is 0.667. The van der Waals surface area contributed by atoms with E-state index in [-0.39, 0.29) is 16.0 Å². The predicted molar refractivity (Wildman–Crippen MR) is 44.0 cm³/mol. The van der Waals surface area contributed by atoms with Crippen molar-refractivity contribution in [2.24, 2.45) is 0 Å². The maximum Gasteiger partial charge on any atom is 0.240 e. The van der Waals surface area contributed by atoms with Gasteiger partial charge in [-0.2, -0.15) is 0 Å². The Morgan fingerprint density at radius 2 is 2.00 bits per heavy atom. The minimum atomic E-state index is -0.454. The van der Waals surface area contributed by atoms with Crippen molar-refractivity contribution in [2.45, 2.75) is 24.6 Å². The topological polar surface area (TPSA) is 53.0 Å². The van der Waals surface area contributed by atoms with E-state index >= 15 is 0 Å². The summed E-state index contributed by atoms with van der Waals surface area (Å²) in [6.07, 6.45) is 0. The van der Waals surface area contributed by atoms with Gasteiger partial charge in [-0.25, -0.2) is 0 Å². The molecular weight excluding hydrogens is 203 g/mol. The predicted octanol–water partition coefficient (Wildman–Crippen LogP) is 1.91. The fourth-order valence-corrected chi connectivity index (χ4v) is 1.23. The molecule has 0 saturated carbocycles. The maximum absolute atomic E-state index is 10.9. The van der Waals surface area contributed by atoms with E-state index in [9.17, 15) is 5.21 Å². The van der Waals surface area contributed by atoms with Crippen LogP contribution in [0.4, 0.5) is 0 Å². The van der Waals surface area contributed by atoms with Gasteiger partial charge < -0.3 is 5.21 Å². The molecule has 0 aliphatic rings. The first kappa shape index (κ1) is 9.61. The van der Waals surface area contributed by atoms with Crippen LogP contribution in [0.1, 0.15) is 36.0 Å². The van der Waals surface area contributed by atoms with Gasteiger partial charge in [-0.15, -0.1) is 23.2 Å². The van der Waals surface area contributed by atoms with Gasteiger partial charge in [0, 0.05) is 5.16 Å². The van der Waals surface area contributed by atoms with Crippen LogP contribution in [0.5, 0.6) is 0 Å². The zero-order valence-electron chi connectivity index (χ0n) is 6.62. The van der Waals surface area contributed by atoms with Gasteiger partial charge in [-0.3, -0.25) is 4.63 Å². The summed E-state index contributed by atoms with van der Waals surface area (Å²) in [5.41, 5.74) is 0.674. The Morgan fingerprint density at radius 3 is 2.33 bits per heavy atom. The standard InChI is InChI=1S/C6H8Cl2N2O2/c1-3(7)5-6(4(2)8)10(11)12-9-5/h3-4H,1-2H3/t3-,4+/m1/s1. The molecule has 0 bridgehead atoms. The summed E-state index contributed by atoms with van der Waals surface area (Å²) in [7, 11) is 0. The highest BCUT2D eigenvalue weighted by Crippen LogP contribution is 2.26. The van der Waals surface area contributed by atoms with E-state index in [1.807, 2.05) is 0 Å². The largest absolute Gasteiger partial charge is 0.359 e. The number of halogens is 2. The summed E-state index contributed by atoms with van der Waals surface area (Å²) < 4.78 is 4.36. The second-order valence-corrected chi connectivity index (χ2v) is 3.74. The number of aromatic nitrogens is 2. The molecule has 0 amide bonds. The van der Waals surface area contributed by atoms with E-state index in [1.54, 1.807) is 13.8 Å². The van der Waals surface area contributed by atoms with Gasteiger partial charge in [0.1, 0.15) is 10.8 Å². The molecule has 68 valence electrons. The van der Waals surface area contributed by atoms with Gasteiger partial charge in [0.25, 0.3) is 0 Å². The number of rotatable bonds is 2. The van der Waals surface area contributed by atoms with Crippen LogP contribution in [0.15, 0.2) is 4.63 Å². The molecule has 0 saturated heterocycles. The molecule has 0 aliphatic heterocycles. The molecule has 0 aromatic carbocycles. The molecule has 6 heteroatoms. The Morgan fingerprint density at radius 1 is 1.42 bits per heavy atom. The van der Waals surface area contributed by atoms with Crippen LogP contribution in [0.3, 0.4) is 0 Å². The normalized spacial score (nSPS) is 16.0. The highest BCUT2D eigenvalue weighted by molar-refractivity contribution is 6.22. The first-order valence-electron chi connectivity index (χ1n) is 3.41. The SMILES string of the molecule is C[C@H](Cl)c1c([C@@H](C)Cl)no[n+]1[O-]. The number of hydrogen-bond donors (Lipinski definition) is 0. The van der Waals surface area contributed by atoms with Crippen molar-refractivity contribution in [3.05, 3.63) is 16.6 Å². The highest BCUT2D eigenvalue weighted by atomic mass is 35.5. The monoisotopic (exact) mass is 210 g/mol. The van der Waals surface area contributed by atoms with E-state index in [2.05, 4.69) is 9.79 Å². The molecule has 0 fully saturated rings. The van der Waals surface area contributed by atoms with Crippen LogP contribution in [0, 0.1) is 5.21 Å². The summed E-state index contributed by atoms with van der Waals surface area (Å²) >= 11 is 11.5. The van der Waals surface area contributed by atoms with Gasteiger partial charge in [0.15, 0.2) is 0 Å². The summed E-state index contributed by atoms with van der Waals surface area (Å²) in [6, 6.07) is 0. The van der Waals surface area contributed by atoms with Crippen LogP contribution in [0.2, 0.25) is 0 Å². The van der Waals surface area contributed by atoms with Crippen LogP contribution in [0.25, 0.3) is 0 Å². The summed E-state index contributed by atoms with van der Waals surface area (Å²) in [4.78, 5) is 0.284. The number of nitrogens with zero attached hydrogens (tertiary/aromatic N) is 2. The third-order valence-corrected chi connectivity index (χ3v) is 1.84. The smallest absolute Gasteiger partial charge is 0.240 e. The third-order valence-electron chi connectivity index (χ3n) is 1.43. The van der Waals surface area contributed by atoms with Crippen LogP contribution < -0.4 is 4.90 Å². The van der Waals surface area contributed by atoms with Crippen molar-refractivity contribution < 1.29 is 9.53 Å². The van der Waals surface area contributed by atoms with Crippen molar-refractivity contribution >= 4 is 23.2 Å². The Balaban J connectivity index is 3.12. The van der Waals surface area contributed by atoms with Crippen molar-refractivity contribution in [3.8, 4) is 0 Å². The lowest BCUT2D eigenvalue weighted by Gasteiger charge is -1.99. The molecule has 12 heavy (non-hydrogen) atoms. The van der Waals surface area contributed by atoms with Crippen molar-refractivity contribution in [3.63, 3.8) is 0 Å². The zero-order valence-corrected chi connectivity index (χ0v) is 8.13. The van der Waals surface area contributed by atoms with Crippen molar-refractivity contribution in [1.82, 2.24) is 5.16 Å². The van der Waals surface area contributed by atoms with Gasteiger partial charge in [0.2, 0.25) is 11.4 Å². The van der Waals surface area contributed by atoms with Crippen molar-refractivity contribution in [2.75, 3.05) is 0 Å². The van der Waals surface area contributed by atoms with Gasteiger partial charge >= 0.3 is 0 Å². The molecule has 1 rings (SSSR count). The van der Waals surface area contributed by atoms with Crippen LogP contribution >= 0.6 is 23.2 Å². The lowest BCUT2D eigenvalue weighted by atomic mass is 10.2. The van der Waals surface area contributed by atoms with Crippen molar-refractivity contribution in [1.29, 1.82) is 0 Å². The molecule has 1 aromatic heterocycles. The summed E-state index contributed by atoms with van der Waals surface area (Å²) in [5, 5.41) is 13.6. The zero-order chi connectivity index (χ0) is 9.30. The second kappa shape index (κ2) is 3.49. The first-order chi connectivity index (χ1) is 5.54. The number of alkyl halides is 2. The summed E-state index contributed by atoms with van der Waals surface area (Å²) in [6.45, 7) is 3.35. The molecule has 1 heterocycles. The molecule has 0 spiro atoms. The van der Waals surface area contributed by atoms with E-state index < -0.39 is 5.38 Å². The number of hydrogen-bond acceptors (Lipinski definition) is 3.